The molecule has 1 fully saturated rings. The topological polar surface area (TPSA) is 93.4 Å². The monoisotopic (exact) mass is 331 g/mol. The molecule has 1 saturated heterocycles. The molecule has 0 bridgehead atoms. The fourth-order valence-corrected chi connectivity index (χ4v) is 2.48. The zero-order valence-electron chi connectivity index (χ0n) is 14.0. The van der Waals surface area contributed by atoms with Crippen molar-refractivity contribution >= 4 is 11.7 Å². The molecule has 8 nitrogen and oxygen atoms in total. The summed E-state index contributed by atoms with van der Waals surface area (Å²) in [4.78, 5) is 18.4. The van der Waals surface area contributed by atoms with Crippen molar-refractivity contribution in [3.05, 3.63) is 35.8 Å². The Morgan fingerprint density at radius 1 is 1.38 bits per heavy atom. The molecule has 2 aromatic rings. The molecule has 1 atom stereocenters. The number of anilines is 1. The normalized spacial score (nSPS) is 18.0. The van der Waals surface area contributed by atoms with Crippen LogP contribution in [0.5, 0.6) is 0 Å². The smallest absolute Gasteiger partial charge is 0.322 e. The lowest BCUT2D eigenvalue weighted by molar-refractivity contribution is 0.00494. The van der Waals surface area contributed by atoms with E-state index in [2.05, 4.69) is 20.5 Å². The van der Waals surface area contributed by atoms with Crippen LogP contribution in [0, 0.1) is 6.92 Å². The summed E-state index contributed by atoms with van der Waals surface area (Å²) in [7, 11) is 0. The zero-order valence-corrected chi connectivity index (χ0v) is 14.0. The van der Waals surface area contributed by atoms with Crippen LogP contribution in [-0.4, -0.2) is 45.9 Å². The fraction of sp³-hybridized carbons (Fsp3) is 0.500. The van der Waals surface area contributed by atoms with E-state index < -0.39 is 6.04 Å². The summed E-state index contributed by atoms with van der Waals surface area (Å²) < 4.78 is 11.2. The maximum atomic E-state index is 12.6. The molecule has 24 heavy (non-hydrogen) atoms. The van der Waals surface area contributed by atoms with E-state index in [9.17, 15) is 4.79 Å². The molecule has 0 aliphatic carbocycles. The van der Waals surface area contributed by atoms with E-state index in [1.54, 1.807) is 17.3 Å². The van der Waals surface area contributed by atoms with Crippen molar-refractivity contribution in [2.75, 3.05) is 25.1 Å². The van der Waals surface area contributed by atoms with Gasteiger partial charge in [-0.3, -0.25) is 4.98 Å². The molecule has 2 amide bonds. The highest BCUT2D eigenvalue weighted by Crippen LogP contribution is 2.25. The third kappa shape index (κ3) is 3.53. The van der Waals surface area contributed by atoms with Gasteiger partial charge in [0.05, 0.1) is 25.1 Å². The van der Waals surface area contributed by atoms with E-state index in [1.807, 2.05) is 26.8 Å². The number of morpholine rings is 1. The highest BCUT2D eigenvalue weighted by Gasteiger charge is 2.33. The average Bonchev–Trinajstić information content (AvgIpc) is 3.05. The van der Waals surface area contributed by atoms with Gasteiger partial charge in [0.1, 0.15) is 6.04 Å². The molecule has 3 rings (SSSR count). The Bertz CT molecular complexity index is 715. The summed E-state index contributed by atoms with van der Waals surface area (Å²) in [6.07, 6.45) is 3.35. The van der Waals surface area contributed by atoms with Crippen LogP contribution in [0.1, 0.15) is 43.2 Å². The summed E-state index contributed by atoms with van der Waals surface area (Å²) in [5.74, 6) is 1.09. The zero-order chi connectivity index (χ0) is 17.1. The van der Waals surface area contributed by atoms with E-state index in [0.717, 1.165) is 5.56 Å². The van der Waals surface area contributed by atoms with Crippen LogP contribution in [0.3, 0.4) is 0 Å². The van der Waals surface area contributed by atoms with Gasteiger partial charge in [-0.25, -0.2) is 4.79 Å². The number of rotatable bonds is 3. The maximum Gasteiger partial charge on any atom is 0.322 e. The van der Waals surface area contributed by atoms with Crippen LogP contribution in [0.2, 0.25) is 0 Å². The minimum atomic E-state index is -0.392. The third-order valence-electron chi connectivity index (χ3n) is 3.75. The Morgan fingerprint density at radius 2 is 2.21 bits per heavy atom. The molecule has 1 unspecified atom stereocenters. The van der Waals surface area contributed by atoms with E-state index in [1.165, 1.54) is 0 Å². The van der Waals surface area contributed by atoms with Crippen molar-refractivity contribution in [1.29, 1.82) is 0 Å². The Labute approximate surface area is 140 Å². The molecule has 0 aromatic carbocycles. The first-order chi connectivity index (χ1) is 11.5. The molecular weight excluding hydrogens is 310 g/mol. The van der Waals surface area contributed by atoms with Gasteiger partial charge >= 0.3 is 6.03 Å². The summed E-state index contributed by atoms with van der Waals surface area (Å²) >= 11 is 0. The van der Waals surface area contributed by atoms with E-state index in [0.29, 0.717) is 37.2 Å². The first kappa shape index (κ1) is 16.4. The van der Waals surface area contributed by atoms with Crippen LogP contribution >= 0.6 is 0 Å². The lowest BCUT2D eigenvalue weighted by Crippen LogP contribution is -2.45. The van der Waals surface area contributed by atoms with Crippen molar-refractivity contribution < 1.29 is 13.9 Å². The minimum absolute atomic E-state index is 0.136. The van der Waals surface area contributed by atoms with Crippen molar-refractivity contribution in [1.82, 2.24) is 20.1 Å². The quantitative estimate of drug-likeness (QED) is 0.929. The molecule has 0 saturated carbocycles. The number of urea groups is 1. The summed E-state index contributed by atoms with van der Waals surface area (Å²) in [6.45, 7) is 7.13. The fourth-order valence-electron chi connectivity index (χ4n) is 2.48. The maximum absolute atomic E-state index is 12.6. The Morgan fingerprint density at radius 3 is 2.92 bits per heavy atom. The van der Waals surface area contributed by atoms with Gasteiger partial charge < -0.3 is 19.4 Å². The molecule has 2 aromatic heterocycles. The Hall–Kier alpha value is -2.48. The predicted molar refractivity (Wildman–Crippen MR) is 86.6 cm³/mol. The molecule has 3 heterocycles. The second-order valence-electron chi connectivity index (χ2n) is 6.10. The van der Waals surface area contributed by atoms with Crippen molar-refractivity contribution in [3.63, 3.8) is 0 Å². The van der Waals surface area contributed by atoms with Gasteiger partial charge in [0.2, 0.25) is 11.8 Å². The standard InChI is InChI=1S/C16H21N5O3/c1-10(2)14-19-20-15(24-14)13-9-23-5-4-21(13)16(22)18-12-6-11(3)7-17-8-12/h6-8,10,13H,4-5,9H2,1-3H3,(H,18,22). The lowest BCUT2D eigenvalue weighted by atomic mass is 10.2. The number of hydrogen-bond acceptors (Lipinski definition) is 6. The highest BCUT2D eigenvalue weighted by atomic mass is 16.5. The number of carbonyl (C=O) groups excluding carboxylic acids is 1. The number of hydrogen-bond donors (Lipinski definition) is 1. The van der Waals surface area contributed by atoms with Crippen LogP contribution < -0.4 is 5.32 Å². The van der Waals surface area contributed by atoms with Crippen LogP contribution in [0.25, 0.3) is 0 Å². The molecule has 1 N–H and O–H groups in total. The second-order valence-corrected chi connectivity index (χ2v) is 6.10. The van der Waals surface area contributed by atoms with Gasteiger partial charge in [-0.15, -0.1) is 10.2 Å². The van der Waals surface area contributed by atoms with Crippen LogP contribution in [0.4, 0.5) is 10.5 Å². The minimum Gasteiger partial charge on any atom is -0.423 e. The first-order valence-corrected chi connectivity index (χ1v) is 7.95. The molecule has 0 radical (unpaired) electrons. The van der Waals surface area contributed by atoms with Crippen molar-refractivity contribution in [2.45, 2.75) is 32.7 Å². The van der Waals surface area contributed by atoms with E-state index in [4.69, 9.17) is 9.15 Å². The van der Waals surface area contributed by atoms with Gasteiger partial charge in [0.15, 0.2) is 0 Å². The Balaban J connectivity index is 1.77. The third-order valence-corrected chi connectivity index (χ3v) is 3.75. The average molecular weight is 331 g/mol. The number of nitrogens with one attached hydrogen (secondary N) is 1. The molecular formula is C16H21N5O3. The summed E-state index contributed by atoms with van der Waals surface area (Å²) in [5.41, 5.74) is 1.63. The summed E-state index contributed by atoms with van der Waals surface area (Å²) in [6, 6.07) is 1.24. The molecule has 1 aliphatic rings. The number of ether oxygens (including phenoxy) is 1. The number of aryl methyl sites for hydroxylation is 1. The molecule has 1 aliphatic heterocycles. The number of pyridine rings is 1. The van der Waals surface area contributed by atoms with Gasteiger partial charge in [0, 0.05) is 18.7 Å². The largest absolute Gasteiger partial charge is 0.423 e. The van der Waals surface area contributed by atoms with Gasteiger partial charge in [-0.1, -0.05) is 13.8 Å². The number of nitrogens with zero attached hydrogens (tertiary/aromatic N) is 4. The van der Waals surface area contributed by atoms with Gasteiger partial charge in [-0.05, 0) is 18.6 Å². The Kier molecular flexibility index (Phi) is 4.75. The van der Waals surface area contributed by atoms with Crippen LogP contribution in [-0.2, 0) is 4.74 Å². The molecule has 8 heteroatoms. The van der Waals surface area contributed by atoms with Crippen molar-refractivity contribution in [3.8, 4) is 0 Å². The van der Waals surface area contributed by atoms with Gasteiger partial charge in [0.25, 0.3) is 0 Å². The number of carbonyl (C=O) groups is 1. The number of amides is 2. The number of aromatic nitrogens is 3. The first-order valence-electron chi connectivity index (χ1n) is 7.95. The van der Waals surface area contributed by atoms with Crippen LogP contribution in [0.15, 0.2) is 22.9 Å². The second kappa shape index (κ2) is 6.96. The highest BCUT2D eigenvalue weighted by molar-refractivity contribution is 5.89. The predicted octanol–water partition coefficient (Wildman–Crippen LogP) is 2.50. The van der Waals surface area contributed by atoms with Crippen molar-refractivity contribution in [2.24, 2.45) is 0 Å². The van der Waals surface area contributed by atoms with Gasteiger partial charge in [-0.2, -0.15) is 0 Å². The van der Waals surface area contributed by atoms with E-state index >= 15 is 0 Å². The van der Waals surface area contributed by atoms with E-state index in [-0.39, 0.29) is 11.9 Å². The summed E-state index contributed by atoms with van der Waals surface area (Å²) in [5, 5.41) is 11.0. The molecule has 128 valence electrons. The molecule has 0 spiro atoms. The lowest BCUT2D eigenvalue weighted by Gasteiger charge is -2.33. The SMILES string of the molecule is Cc1cncc(NC(=O)N2CCOCC2c2nnc(C(C)C)o2)c1.